The summed E-state index contributed by atoms with van der Waals surface area (Å²) in [6, 6.07) is 3.87. The quantitative estimate of drug-likeness (QED) is 0.729. The van der Waals surface area contributed by atoms with Crippen LogP contribution in [0.3, 0.4) is 0 Å². The molecule has 1 aromatic carbocycles. The minimum Gasteiger partial charge on any atom is -0.298 e. The van der Waals surface area contributed by atoms with Crippen LogP contribution in [-0.4, -0.2) is 6.29 Å². The molecule has 0 aliphatic carbocycles. The van der Waals surface area contributed by atoms with E-state index in [9.17, 15) is 18.0 Å². The van der Waals surface area contributed by atoms with Crippen molar-refractivity contribution in [3.05, 3.63) is 34.4 Å². The molecular weight excluding hydrogens is 219 g/mol. The number of benzene rings is 1. The number of carbonyl (C=O) groups is 1. The molecule has 0 aliphatic rings. The van der Waals surface area contributed by atoms with E-state index in [2.05, 4.69) is 0 Å². The van der Waals surface area contributed by atoms with Crippen LogP contribution in [0.25, 0.3) is 0 Å². The molecule has 0 saturated heterocycles. The number of halogens is 3. The maximum atomic E-state index is 12.6. The van der Waals surface area contributed by atoms with Gasteiger partial charge in [-0.1, -0.05) is 0 Å². The van der Waals surface area contributed by atoms with Crippen molar-refractivity contribution >= 4 is 6.29 Å². The van der Waals surface area contributed by atoms with Crippen LogP contribution in [0.1, 0.15) is 27.0 Å². The monoisotopic (exact) mass is 227 g/mol. The van der Waals surface area contributed by atoms with Crippen molar-refractivity contribution < 1.29 is 18.0 Å². The number of carbonyl (C=O) groups excluding carboxylic acids is 1. The number of alkyl halides is 3. The van der Waals surface area contributed by atoms with E-state index in [1.807, 2.05) is 0 Å². The summed E-state index contributed by atoms with van der Waals surface area (Å²) in [6.45, 7) is 1.30. The van der Waals surface area contributed by atoms with Crippen LogP contribution in [0.2, 0.25) is 0 Å². The molecule has 5 heteroatoms. The lowest BCUT2D eigenvalue weighted by Crippen LogP contribution is -2.10. The first-order chi connectivity index (χ1) is 7.40. The van der Waals surface area contributed by atoms with E-state index >= 15 is 0 Å². The lowest BCUT2D eigenvalue weighted by molar-refractivity contribution is -0.138. The van der Waals surface area contributed by atoms with Crippen molar-refractivity contribution in [3.63, 3.8) is 0 Å². The normalized spacial score (nSPS) is 10.9. The topological polar surface area (TPSA) is 40.9 Å². The zero-order chi connectivity index (χ0) is 12.3. The molecule has 0 aliphatic heterocycles. The first kappa shape index (κ1) is 12.2. The second-order valence-corrected chi connectivity index (χ2v) is 3.30. The Morgan fingerprint density at radius 1 is 1.44 bits per heavy atom. The maximum Gasteiger partial charge on any atom is 0.416 e. The van der Waals surface area contributed by atoms with Gasteiger partial charge in [-0.2, -0.15) is 18.4 Å². The summed E-state index contributed by atoms with van der Waals surface area (Å²) in [4.78, 5) is 10.5. The van der Waals surface area contributed by atoms with E-state index in [0.717, 1.165) is 6.07 Å². The molecule has 0 unspecified atom stereocenters. The fourth-order valence-corrected chi connectivity index (χ4v) is 1.43. The van der Waals surface area contributed by atoms with Crippen molar-refractivity contribution in [1.29, 1.82) is 5.26 Å². The smallest absolute Gasteiger partial charge is 0.298 e. The molecular formula is C11H8F3NO. The number of nitriles is 1. The molecule has 0 bridgehead atoms. The molecule has 2 nitrogen and oxygen atoms in total. The highest BCUT2D eigenvalue weighted by Crippen LogP contribution is 2.33. The highest BCUT2D eigenvalue weighted by Gasteiger charge is 2.33. The number of aldehydes is 1. The Morgan fingerprint density at radius 2 is 2.06 bits per heavy atom. The number of hydrogen-bond donors (Lipinski definition) is 0. The average Bonchev–Trinajstić information content (AvgIpc) is 2.19. The van der Waals surface area contributed by atoms with Crippen molar-refractivity contribution in [3.8, 4) is 6.07 Å². The molecule has 0 atom stereocenters. The number of rotatable bonds is 2. The van der Waals surface area contributed by atoms with E-state index in [4.69, 9.17) is 5.26 Å². The molecule has 0 saturated carbocycles. The van der Waals surface area contributed by atoms with Gasteiger partial charge < -0.3 is 0 Å². The second kappa shape index (κ2) is 4.35. The van der Waals surface area contributed by atoms with Gasteiger partial charge in [-0.05, 0) is 30.2 Å². The summed E-state index contributed by atoms with van der Waals surface area (Å²) in [5.74, 6) is 0. The third kappa shape index (κ3) is 2.40. The first-order valence-corrected chi connectivity index (χ1v) is 4.43. The molecule has 0 spiro atoms. The van der Waals surface area contributed by atoms with Crippen molar-refractivity contribution in [1.82, 2.24) is 0 Å². The van der Waals surface area contributed by atoms with Gasteiger partial charge >= 0.3 is 6.18 Å². The highest BCUT2D eigenvalue weighted by atomic mass is 19.4. The SMILES string of the molecule is Cc1c(CC#N)cc(C=O)cc1C(F)(F)F. The predicted molar refractivity (Wildman–Crippen MR) is 50.9 cm³/mol. The average molecular weight is 227 g/mol. The van der Waals surface area contributed by atoms with E-state index in [0.29, 0.717) is 6.29 Å². The Morgan fingerprint density at radius 3 is 2.50 bits per heavy atom. The fourth-order valence-electron chi connectivity index (χ4n) is 1.43. The largest absolute Gasteiger partial charge is 0.416 e. The van der Waals surface area contributed by atoms with Crippen LogP contribution in [0.5, 0.6) is 0 Å². The van der Waals surface area contributed by atoms with E-state index in [1.54, 1.807) is 6.07 Å². The lowest BCUT2D eigenvalue weighted by Gasteiger charge is -2.13. The molecule has 16 heavy (non-hydrogen) atoms. The van der Waals surface area contributed by atoms with E-state index < -0.39 is 11.7 Å². The summed E-state index contributed by atoms with van der Waals surface area (Å²) in [5, 5.41) is 8.48. The Kier molecular flexibility index (Phi) is 3.33. The molecule has 84 valence electrons. The highest BCUT2D eigenvalue weighted by molar-refractivity contribution is 5.76. The van der Waals surface area contributed by atoms with Crippen molar-refractivity contribution in [2.45, 2.75) is 19.5 Å². The van der Waals surface area contributed by atoms with Gasteiger partial charge in [0, 0.05) is 5.56 Å². The van der Waals surface area contributed by atoms with E-state index in [1.165, 1.54) is 13.0 Å². The predicted octanol–water partition coefficient (Wildman–Crippen LogP) is 2.89. The summed E-state index contributed by atoms with van der Waals surface area (Å²) in [5.41, 5.74) is -0.690. The van der Waals surface area contributed by atoms with Gasteiger partial charge in [-0.25, -0.2) is 0 Å². The molecule has 0 heterocycles. The summed E-state index contributed by atoms with van der Waals surface area (Å²) in [7, 11) is 0. The summed E-state index contributed by atoms with van der Waals surface area (Å²) >= 11 is 0. The second-order valence-electron chi connectivity index (χ2n) is 3.30. The number of hydrogen-bond acceptors (Lipinski definition) is 2. The maximum absolute atomic E-state index is 12.6. The molecule has 0 N–H and O–H groups in total. The Bertz CT molecular complexity index is 458. The number of nitrogens with zero attached hydrogens (tertiary/aromatic N) is 1. The Balaban J connectivity index is 3.44. The molecule has 0 amide bonds. The Labute approximate surface area is 90.3 Å². The third-order valence-corrected chi connectivity index (χ3v) is 2.25. The first-order valence-electron chi connectivity index (χ1n) is 4.43. The summed E-state index contributed by atoms with van der Waals surface area (Å²) < 4.78 is 37.8. The van der Waals surface area contributed by atoms with E-state index in [-0.39, 0.29) is 23.1 Å². The summed E-state index contributed by atoms with van der Waals surface area (Å²) in [6.07, 6.45) is -4.31. The molecule has 0 fully saturated rings. The molecule has 1 aromatic rings. The Hall–Kier alpha value is -1.83. The van der Waals surface area contributed by atoms with Gasteiger partial charge in [0.15, 0.2) is 0 Å². The van der Waals surface area contributed by atoms with Gasteiger partial charge in [0.25, 0.3) is 0 Å². The standard InChI is InChI=1S/C11H8F3NO/c1-7-9(2-3-15)4-8(6-16)5-10(7)11(12,13)14/h4-6H,2H2,1H3. The molecule has 0 aromatic heterocycles. The van der Waals surface area contributed by atoms with Gasteiger partial charge in [0.05, 0.1) is 18.1 Å². The third-order valence-electron chi connectivity index (χ3n) is 2.25. The zero-order valence-electron chi connectivity index (χ0n) is 8.43. The lowest BCUT2D eigenvalue weighted by atomic mass is 9.97. The van der Waals surface area contributed by atoms with Crippen molar-refractivity contribution in [2.24, 2.45) is 0 Å². The van der Waals surface area contributed by atoms with Gasteiger partial charge in [-0.15, -0.1) is 0 Å². The van der Waals surface area contributed by atoms with Crippen LogP contribution >= 0.6 is 0 Å². The van der Waals surface area contributed by atoms with Gasteiger partial charge in [0.1, 0.15) is 6.29 Å². The van der Waals surface area contributed by atoms with Crippen LogP contribution in [0, 0.1) is 18.3 Å². The van der Waals surface area contributed by atoms with Crippen molar-refractivity contribution in [2.75, 3.05) is 0 Å². The van der Waals surface area contributed by atoms with Crippen LogP contribution in [-0.2, 0) is 12.6 Å². The van der Waals surface area contributed by atoms with Gasteiger partial charge in [-0.3, -0.25) is 4.79 Å². The zero-order valence-corrected chi connectivity index (χ0v) is 8.43. The van der Waals surface area contributed by atoms with Crippen LogP contribution in [0.4, 0.5) is 13.2 Å². The van der Waals surface area contributed by atoms with Gasteiger partial charge in [0.2, 0.25) is 0 Å². The molecule has 0 radical (unpaired) electrons. The van der Waals surface area contributed by atoms with Crippen LogP contribution < -0.4 is 0 Å². The van der Waals surface area contributed by atoms with Crippen LogP contribution in [0.15, 0.2) is 12.1 Å². The fraction of sp³-hybridized carbons (Fsp3) is 0.273. The molecule has 1 rings (SSSR count). The minimum atomic E-state index is -4.51. The minimum absolute atomic E-state index is 0.000324.